The molecule has 40 heavy (non-hydrogen) atoms. The number of likely N-dealkylation sites (N-methyl/N-ethyl adjacent to an activating group) is 1. The summed E-state index contributed by atoms with van der Waals surface area (Å²) >= 11 is 6.04. The van der Waals surface area contributed by atoms with Crippen LogP contribution in [0, 0.1) is 12.7 Å². The fourth-order valence-corrected chi connectivity index (χ4v) is 4.47. The number of piperazine rings is 1. The van der Waals surface area contributed by atoms with E-state index in [1.165, 1.54) is 18.2 Å². The van der Waals surface area contributed by atoms with Crippen molar-refractivity contribution >= 4 is 40.7 Å². The van der Waals surface area contributed by atoms with Crippen LogP contribution in [0.4, 0.5) is 21.6 Å². The number of carbonyl (C=O) groups excluding carboxylic acids is 2. The van der Waals surface area contributed by atoms with E-state index in [2.05, 4.69) is 30.7 Å². The quantitative estimate of drug-likeness (QED) is 0.365. The van der Waals surface area contributed by atoms with E-state index in [9.17, 15) is 14.0 Å². The lowest BCUT2D eigenvalue weighted by atomic mass is 10.1. The van der Waals surface area contributed by atoms with Gasteiger partial charge in [0.1, 0.15) is 17.7 Å². The Morgan fingerprint density at radius 2 is 1.98 bits per heavy atom. The van der Waals surface area contributed by atoms with Crippen LogP contribution in [0.1, 0.15) is 26.0 Å². The standard InChI is InChI=1S/C28H33ClFN7O3/c1-17(2)40-28(39)25-16-37(12-11-36(25)4)10-8-27(38)33-26-14-20(7-9-31-26)32-23-15-24(35-34-18(23)3)21-13-19(29)5-6-22(21)30/h5-7,9,13-15,17,25H,8,10-12,16H2,1-4H3,(H2,31,32,33,35,38). The van der Waals surface area contributed by atoms with Gasteiger partial charge >= 0.3 is 5.97 Å². The van der Waals surface area contributed by atoms with Crippen LogP contribution in [-0.4, -0.2) is 82.2 Å². The lowest BCUT2D eigenvalue weighted by Gasteiger charge is -2.38. The van der Waals surface area contributed by atoms with Crippen molar-refractivity contribution in [1.29, 1.82) is 0 Å². The topological polar surface area (TPSA) is 113 Å². The minimum Gasteiger partial charge on any atom is -0.462 e. The molecule has 0 aliphatic carbocycles. The third-order valence-corrected chi connectivity index (χ3v) is 6.74. The molecule has 1 fully saturated rings. The number of hydrogen-bond donors (Lipinski definition) is 2. The number of esters is 1. The Balaban J connectivity index is 1.36. The SMILES string of the molecule is Cc1nnc(-c2cc(Cl)ccc2F)cc1Nc1ccnc(NC(=O)CCN2CCN(C)C(C(=O)OC(C)C)C2)c1. The van der Waals surface area contributed by atoms with Gasteiger partial charge in [-0.2, -0.15) is 10.2 Å². The monoisotopic (exact) mass is 569 g/mol. The van der Waals surface area contributed by atoms with Crippen molar-refractivity contribution in [3.63, 3.8) is 0 Å². The maximum atomic E-state index is 14.4. The summed E-state index contributed by atoms with van der Waals surface area (Å²) in [6.45, 7) is 7.92. The van der Waals surface area contributed by atoms with Crippen LogP contribution in [0.25, 0.3) is 11.3 Å². The zero-order chi connectivity index (χ0) is 28.8. The normalized spacial score (nSPS) is 16.1. The van der Waals surface area contributed by atoms with E-state index in [1.54, 1.807) is 31.3 Å². The second-order valence-electron chi connectivity index (χ2n) is 9.99. The first-order valence-corrected chi connectivity index (χ1v) is 13.4. The first-order valence-electron chi connectivity index (χ1n) is 13.0. The molecule has 1 atom stereocenters. The maximum absolute atomic E-state index is 14.4. The number of anilines is 3. The molecule has 10 nitrogen and oxygen atoms in total. The molecule has 2 aromatic heterocycles. The van der Waals surface area contributed by atoms with Gasteiger partial charge in [-0.25, -0.2) is 9.37 Å². The van der Waals surface area contributed by atoms with Crippen molar-refractivity contribution in [2.75, 3.05) is 43.9 Å². The average molecular weight is 570 g/mol. The smallest absolute Gasteiger partial charge is 0.324 e. The molecule has 0 saturated carbocycles. The van der Waals surface area contributed by atoms with E-state index >= 15 is 0 Å². The van der Waals surface area contributed by atoms with Gasteiger partial charge in [0.25, 0.3) is 0 Å². The van der Waals surface area contributed by atoms with Crippen molar-refractivity contribution in [1.82, 2.24) is 25.0 Å². The van der Waals surface area contributed by atoms with Crippen LogP contribution in [0.15, 0.2) is 42.6 Å². The van der Waals surface area contributed by atoms with Crippen LogP contribution < -0.4 is 10.6 Å². The van der Waals surface area contributed by atoms with Crippen LogP contribution in [0.2, 0.25) is 5.02 Å². The number of aryl methyl sites for hydroxylation is 1. The van der Waals surface area contributed by atoms with Gasteiger partial charge in [0, 0.05) is 61.1 Å². The Hall–Kier alpha value is -3.67. The molecular formula is C28H33ClFN7O3. The van der Waals surface area contributed by atoms with E-state index in [4.69, 9.17) is 16.3 Å². The molecule has 3 heterocycles. The molecule has 12 heteroatoms. The fourth-order valence-electron chi connectivity index (χ4n) is 4.30. The predicted molar refractivity (Wildman–Crippen MR) is 152 cm³/mol. The van der Waals surface area contributed by atoms with Crippen LogP contribution in [0.5, 0.6) is 0 Å². The summed E-state index contributed by atoms with van der Waals surface area (Å²) < 4.78 is 19.7. The number of amides is 1. The molecule has 1 aliphatic heterocycles. The van der Waals surface area contributed by atoms with E-state index in [0.29, 0.717) is 53.2 Å². The lowest BCUT2D eigenvalue weighted by molar-refractivity contribution is -0.155. The summed E-state index contributed by atoms with van der Waals surface area (Å²) in [5.41, 5.74) is 2.46. The zero-order valence-corrected chi connectivity index (χ0v) is 23.7. The molecule has 1 aliphatic rings. The minimum atomic E-state index is -0.454. The fraction of sp³-hybridized carbons (Fsp3) is 0.393. The van der Waals surface area contributed by atoms with Crippen molar-refractivity contribution in [3.8, 4) is 11.3 Å². The maximum Gasteiger partial charge on any atom is 0.324 e. The Morgan fingerprint density at radius 1 is 1.18 bits per heavy atom. The molecule has 0 bridgehead atoms. The molecule has 0 radical (unpaired) electrons. The lowest BCUT2D eigenvalue weighted by Crippen LogP contribution is -2.55. The largest absolute Gasteiger partial charge is 0.462 e. The molecule has 1 saturated heterocycles. The number of nitrogens with one attached hydrogen (secondary N) is 2. The van der Waals surface area contributed by atoms with Crippen molar-refractivity contribution in [2.45, 2.75) is 39.3 Å². The highest BCUT2D eigenvalue weighted by Crippen LogP contribution is 2.28. The van der Waals surface area contributed by atoms with Gasteiger partial charge in [-0.3, -0.25) is 19.4 Å². The van der Waals surface area contributed by atoms with E-state index in [0.717, 1.165) is 6.54 Å². The minimum absolute atomic E-state index is 0.174. The molecule has 0 spiro atoms. The van der Waals surface area contributed by atoms with Crippen molar-refractivity contribution in [2.24, 2.45) is 0 Å². The summed E-state index contributed by atoms with van der Waals surface area (Å²) in [5.74, 6) is -0.507. The number of hydrogen-bond acceptors (Lipinski definition) is 9. The number of pyridine rings is 1. The van der Waals surface area contributed by atoms with Crippen LogP contribution in [0.3, 0.4) is 0 Å². The highest BCUT2D eigenvalue weighted by atomic mass is 35.5. The molecule has 2 N–H and O–H groups in total. The van der Waals surface area contributed by atoms with Gasteiger partial charge in [0.05, 0.1) is 23.2 Å². The first-order chi connectivity index (χ1) is 19.1. The molecule has 212 valence electrons. The summed E-state index contributed by atoms with van der Waals surface area (Å²) in [4.78, 5) is 33.5. The van der Waals surface area contributed by atoms with Gasteiger partial charge in [0.15, 0.2) is 0 Å². The third kappa shape index (κ3) is 7.71. The number of nitrogens with zero attached hydrogens (tertiary/aromatic N) is 5. The zero-order valence-electron chi connectivity index (χ0n) is 22.9. The first kappa shape index (κ1) is 29.3. The average Bonchev–Trinajstić information content (AvgIpc) is 2.90. The molecule has 1 aromatic carbocycles. The summed E-state index contributed by atoms with van der Waals surface area (Å²) in [6.07, 6.45) is 1.65. The van der Waals surface area contributed by atoms with E-state index in [-0.39, 0.29) is 36.0 Å². The Kier molecular flexibility index (Phi) is 9.62. The third-order valence-electron chi connectivity index (χ3n) is 6.50. The Morgan fingerprint density at radius 3 is 2.75 bits per heavy atom. The molecule has 3 aromatic rings. The van der Waals surface area contributed by atoms with Gasteiger partial charge in [0.2, 0.25) is 5.91 Å². The summed E-state index contributed by atoms with van der Waals surface area (Å²) in [6, 6.07) is 9.04. The van der Waals surface area contributed by atoms with Gasteiger partial charge in [-0.1, -0.05) is 11.6 Å². The summed E-state index contributed by atoms with van der Waals surface area (Å²) in [7, 11) is 1.91. The van der Waals surface area contributed by atoms with Crippen LogP contribution in [-0.2, 0) is 14.3 Å². The second kappa shape index (κ2) is 13.1. The molecule has 4 rings (SSSR count). The Bertz CT molecular complexity index is 1370. The second-order valence-corrected chi connectivity index (χ2v) is 10.4. The van der Waals surface area contributed by atoms with Crippen molar-refractivity contribution < 1.29 is 18.7 Å². The highest BCUT2D eigenvalue weighted by Gasteiger charge is 2.31. The Labute approximate surface area is 237 Å². The molecular weight excluding hydrogens is 537 g/mol. The molecule has 1 unspecified atom stereocenters. The highest BCUT2D eigenvalue weighted by molar-refractivity contribution is 6.30. The van der Waals surface area contributed by atoms with Crippen LogP contribution >= 0.6 is 11.6 Å². The number of carbonyl (C=O) groups is 2. The number of benzene rings is 1. The van der Waals surface area contributed by atoms with E-state index in [1.807, 2.05) is 25.8 Å². The summed E-state index contributed by atoms with van der Waals surface area (Å²) in [5, 5.41) is 14.7. The van der Waals surface area contributed by atoms with Gasteiger partial charge in [-0.05, 0) is 58.2 Å². The molecule has 1 amide bonds. The predicted octanol–water partition coefficient (Wildman–Crippen LogP) is 4.28. The van der Waals surface area contributed by atoms with E-state index < -0.39 is 5.82 Å². The van der Waals surface area contributed by atoms with Crippen molar-refractivity contribution in [3.05, 3.63) is 59.1 Å². The number of aromatic nitrogens is 3. The van der Waals surface area contributed by atoms with Gasteiger partial charge < -0.3 is 15.4 Å². The number of halogens is 2. The van der Waals surface area contributed by atoms with Gasteiger partial charge in [-0.15, -0.1) is 0 Å². The number of ether oxygens (including phenoxy) is 1. The number of rotatable bonds is 9.